The second kappa shape index (κ2) is 7.99. The summed E-state index contributed by atoms with van der Waals surface area (Å²) in [5.41, 5.74) is 3.63. The number of aromatic nitrogens is 6. The van der Waals surface area contributed by atoms with Gasteiger partial charge < -0.3 is 9.73 Å². The SMILES string of the molecule is CCNC(=O)Nc1cc(-c2ccnn2C)c(-c2cncc(-c3n[nH]c(=O)o3)c2)cn1. The first-order valence-corrected chi connectivity index (χ1v) is 9.09. The molecule has 0 spiro atoms. The quantitative estimate of drug-likeness (QED) is 0.460. The van der Waals surface area contributed by atoms with Crippen molar-refractivity contribution in [3.63, 3.8) is 0 Å². The van der Waals surface area contributed by atoms with E-state index >= 15 is 0 Å². The molecule has 0 aromatic carbocycles. The number of hydrogen-bond acceptors (Lipinski definition) is 7. The van der Waals surface area contributed by atoms with Gasteiger partial charge in [0.15, 0.2) is 0 Å². The van der Waals surface area contributed by atoms with Crippen molar-refractivity contribution in [1.29, 1.82) is 0 Å². The fourth-order valence-corrected chi connectivity index (χ4v) is 2.98. The Hall–Kier alpha value is -4.28. The van der Waals surface area contributed by atoms with Gasteiger partial charge in [-0.1, -0.05) is 0 Å². The van der Waals surface area contributed by atoms with E-state index in [1.54, 1.807) is 41.6 Å². The van der Waals surface area contributed by atoms with Crippen molar-refractivity contribution in [2.24, 2.45) is 7.05 Å². The summed E-state index contributed by atoms with van der Waals surface area (Å²) >= 11 is 0. The zero-order chi connectivity index (χ0) is 21.1. The summed E-state index contributed by atoms with van der Waals surface area (Å²) in [6.45, 7) is 2.33. The van der Waals surface area contributed by atoms with Gasteiger partial charge in [-0.3, -0.25) is 15.0 Å². The van der Waals surface area contributed by atoms with Gasteiger partial charge in [0.2, 0.25) is 0 Å². The molecule has 0 aliphatic carbocycles. The van der Waals surface area contributed by atoms with Crippen molar-refractivity contribution in [3.8, 4) is 33.8 Å². The monoisotopic (exact) mass is 406 g/mol. The van der Waals surface area contributed by atoms with Crippen molar-refractivity contribution >= 4 is 11.8 Å². The zero-order valence-electron chi connectivity index (χ0n) is 16.2. The van der Waals surface area contributed by atoms with Crippen LogP contribution in [0.1, 0.15) is 6.92 Å². The van der Waals surface area contributed by atoms with E-state index in [2.05, 4.69) is 35.9 Å². The number of carbonyl (C=O) groups excluding carboxylic acids is 1. The van der Waals surface area contributed by atoms with Crippen LogP contribution in [-0.4, -0.2) is 42.5 Å². The van der Waals surface area contributed by atoms with Crippen LogP contribution in [0.3, 0.4) is 0 Å². The number of amides is 2. The van der Waals surface area contributed by atoms with E-state index in [9.17, 15) is 9.59 Å². The molecular weight excluding hydrogens is 388 g/mol. The Morgan fingerprint density at radius 1 is 1.20 bits per heavy atom. The molecule has 3 N–H and O–H groups in total. The highest BCUT2D eigenvalue weighted by Gasteiger charge is 2.16. The molecule has 11 heteroatoms. The van der Waals surface area contributed by atoms with Crippen molar-refractivity contribution in [1.82, 2.24) is 35.3 Å². The van der Waals surface area contributed by atoms with Crippen LogP contribution < -0.4 is 16.4 Å². The third kappa shape index (κ3) is 3.81. The predicted molar refractivity (Wildman–Crippen MR) is 108 cm³/mol. The van der Waals surface area contributed by atoms with Gasteiger partial charge in [0, 0.05) is 55.1 Å². The van der Waals surface area contributed by atoms with Gasteiger partial charge in [-0.25, -0.2) is 19.7 Å². The molecule has 2 amide bonds. The Kier molecular flexibility index (Phi) is 5.08. The molecule has 30 heavy (non-hydrogen) atoms. The van der Waals surface area contributed by atoms with E-state index in [1.165, 1.54) is 0 Å². The molecule has 0 unspecified atom stereocenters. The topological polar surface area (TPSA) is 144 Å². The molecule has 0 saturated heterocycles. The number of H-pyrrole nitrogens is 1. The van der Waals surface area contributed by atoms with Crippen LogP contribution in [0.25, 0.3) is 33.8 Å². The van der Waals surface area contributed by atoms with Gasteiger partial charge in [-0.05, 0) is 25.1 Å². The van der Waals surface area contributed by atoms with Gasteiger partial charge >= 0.3 is 11.8 Å². The molecule has 0 atom stereocenters. The first-order valence-electron chi connectivity index (χ1n) is 9.09. The standard InChI is InChI=1S/C19H18N8O3/c1-3-21-18(28)24-16-7-13(15-4-5-23-27(15)2)14(10-22-16)11-6-12(9-20-8-11)17-25-26-19(29)30-17/h4-10H,3H2,1-2H3,(H,26,29)(H2,21,22,24,28). The van der Waals surface area contributed by atoms with E-state index < -0.39 is 5.76 Å². The van der Waals surface area contributed by atoms with Crippen LogP contribution >= 0.6 is 0 Å². The lowest BCUT2D eigenvalue weighted by Crippen LogP contribution is -2.28. The summed E-state index contributed by atoms with van der Waals surface area (Å²) in [7, 11) is 1.82. The Balaban J connectivity index is 1.80. The van der Waals surface area contributed by atoms with Crippen molar-refractivity contribution in [2.75, 3.05) is 11.9 Å². The molecule has 0 saturated carbocycles. The molecule has 152 valence electrons. The third-order valence-corrected chi connectivity index (χ3v) is 4.31. The van der Waals surface area contributed by atoms with Crippen LogP contribution in [0.4, 0.5) is 10.6 Å². The minimum Gasteiger partial charge on any atom is -0.388 e. The smallest absolute Gasteiger partial charge is 0.388 e. The van der Waals surface area contributed by atoms with E-state index in [4.69, 9.17) is 4.42 Å². The van der Waals surface area contributed by atoms with Crippen LogP contribution in [0.15, 0.2) is 52.2 Å². The zero-order valence-corrected chi connectivity index (χ0v) is 16.2. The second-order valence-electron chi connectivity index (χ2n) is 6.32. The van der Waals surface area contributed by atoms with Crippen molar-refractivity contribution in [2.45, 2.75) is 6.92 Å². The number of nitrogens with one attached hydrogen (secondary N) is 3. The molecule has 0 aliphatic rings. The highest BCUT2D eigenvalue weighted by Crippen LogP contribution is 2.34. The number of rotatable bonds is 5. The Bertz CT molecular complexity index is 1260. The molecule has 0 fully saturated rings. The largest absolute Gasteiger partial charge is 0.434 e. The molecule has 4 aromatic heterocycles. The lowest BCUT2D eigenvalue weighted by Gasteiger charge is -2.13. The number of aromatic amines is 1. The summed E-state index contributed by atoms with van der Waals surface area (Å²) in [6, 6.07) is 5.08. The van der Waals surface area contributed by atoms with Gasteiger partial charge in [-0.2, -0.15) is 5.10 Å². The maximum Gasteiger partial charge on any atom is 0.434 e. The number of carbonyl (C=O) groups is 1. The lowest BCUT2D eigenvalue weighted by molar-refractivity contribution is 0.252. The van der Waals surface area contributed by atoms with Gasteiger partial charge in [0.25, 0.3) is 5.89 Å². The molecule has 0 aliphatic heterocycles. The molecule has 11 nitrogen and oxygen atoms in total. The molecule has 4 aromatic rings. The van der Waals surface area contributed by atoms with Crippen LogP contribution in [-0.2, 0) is 7.05 Å². The molecular formula is C19H18N8O3. The number of urea groups is 1. The average Bonchev–Trinajstić information content (AvgIpc) is 3.36. The summed E-state index contributed by atoms with van der Waals surface area (Å²) < 4.78 is 6.74. The van der Waals surface area contributed by atoms with Crippen LogP contribution in [0.5, 0.6) is 0 Å². The minimum atomic E-state index is -0.645. The van der Waals surface area contributed by atoms with E-state index in [1.807, 2.05) is 20.0 Å². The Morgan fingerprint density at radius 2 is 2.03 bits per heavy atom. The highest BCUT2D eigenvalue weighted by molar-refractivity contribution is 5.91. The van der Waals surface area contributed by atoms with E-state index in [0.29, 0.717) is 17.9 Å². The highest BCUT2D eigenvalue weighted by atomic mass is 16.4. The fraction of sp³-hybridized carbons (Fsp3) is 0.158. The summed E-state index contributed by atoms with van der Waals surface area (Å²) in [5, 5.41) is 15.7. The minimum absolute atomic E-state index is 0.138. The number of hydrogen-bond donors (Lipinski definition) is 3. The van der Waals surface area contributed by atoms with Crippen molar-refractivity contribution < 1.29 is 9.21 Å². The van der Waals surface area contributed by atoms with E-state index in [-0.39, 0.29) is 11.9 Å². The van der Waals surface area contributed by atoms with Crippen LogP contribution in [0, 0.1) is 0 Å². The third-order valence-electron chi connectivity index (χ3n) is 4.31. The van der Waals surface area contributed by atoms with E-state index in [0.717, 1.165) is 22.4 Å². The number of aryl methyl sites for hydroxylation is 1. The maximum atomic E-state index is 11.9. The molecule has 4 heterocycles. The van der Waals surface area contributed by atoms with Crippen molar-refractivity contribution in [3.05, 3.63) is 53.5 Å². The summed E-state index contributed by atoms with van der Waals surface area (Å²) in [4.78, 5) is 31.8. The second-order valence-corrected chi connectivity index (χ2v) is 6.32. The van der Waals surface area contributed by atoms with Gasteiger partial charge in [0.1, 0.15) is 5.82 Å². The molecule has 4 rings (SSSR count). The number of anilines is 1. The normalized spacial score (nSPS) is 10.7. The number of pyridine rings is 2. The molecule has 0 radical (unpaired) electrons. The predicted octanol–water partition coefficient (Wildman–Crippen LogP) is 2.03. The van der Waals surface area contributed by atoms with Gasteiger partial charge in [-0.15, -0.1) is 5.10 Å². The first-order chi connectivity index (χ1) is 14.5. The Morgan fingerprint density at radius 3 is 2.73 bits per heavy atom. The van der Waals surface area contributed by atoms with Crippen LogP contribution in [0.2, 0.25) is 0 Å². The Labute approximate surface area is 170 Å². The average molecular weight is 406 g/mol. The number of nitrogens with zero attached hydrogens (tertiary/aromatic N) is 5. The lowest BCUT2D eigenvalue weighted by atomic mass is 10.00. The summed E-state index contributed by atoms with van der Waals surface area (Å²) in [6.07, 6.45) is 6.54. The fourth-order valence-electron chi connectivity index (χ4n) is 2.98. The summed E-state index contributed by atoms with van der Waals surface area (Å²) in [5.74, 6) is -0.115. The van der Waals surface area contributed by atoms with Gasteiger partial charge in [0.05, 0.1) is 11.3 Å². The maximum absolute atomic E-state index is 11.9. The molecule has 0 bridgehead atoms. The first kappa shape index (κ1) is 19.1.